The van der Waals surface area contributed by atoms with Crippen molar-refractivity contribution in [1.29, 1.82) is 0 Å². The molecule has 0 bridgehead atoms. The van der Waals surface area contributed by atoms with Crippen LogP contribution in [0.15, 0.2) is 18.5 Å². The minimum atomic E-state index is 0.228. The molecule has 0 aromatic carbocycles. The number of nitrogens with zero attached hydrogens (tertiary/aromatic N) is 3. The molecule has 1 unspecified atom stereocenters. The third kappa shape index (κ3) is 4.11. The van der Waals surface area contributed by atoms with Crippen molar-refractivity contribution in [2.24, 2.45) is 0 Å². The highest BCUT2D eigenvalue weighted by Gasteiger charge is 2.17. The molecule has 0 amide bonds. The largest absolute Gasteiger partial charge is 0.395 e. The van der Waals surface area contributed by atoms with Crippen molar-refractivity contribution in [1.82, 2.24) is 20.0 Å². The Morgan fingerprint density at radius 1 is 1.47 bits per heavy atom. The minimum absolute atomic E-state index is 0.228. The third-order valence-electron chi connectivity index (χ3n) is 3.26. The first-order chi connectivity index (χ1) is 8.38. The normalized spacial score (nSPS) is 20.2. The van der Waals surface area contributed by atoms with Crippen LogP contribution >= 0.6 is 0 Å². The lowest BCUT2D eigenvalue weighted by Gasteiger charge is -2.24. The predicted octanol–water partition coefficient (Wildman–Crippen LogP) is -0.0706. The Bertz CT molecular complexity index is 295. The number of aliphatic hydroxyl groups excluding tert-OH is 1. The summed E-state index contributed by atoms with van der Waals surface area (Å²) in [6, 6.07) is 2.54. The first-order valence-corrected chi connectivity index (χ1v) is 6.42. The van der Waals surface area contributed by atoms with E-state index >= 15 is 0 Å². The lowest BCUT2D eigenvalue weighted by Crippen LogP contribution is -2.40. The monoisotopic (exact) mass is 238 g/mol. The molecule has 2 heterocycles. The van der Waals surface area contributed by atoms with Gasteiger partial charge in [0.2, 0.25) is 0 Å². The lowest BCUT2D eigenvalue weighted by molar-refractivity contribution is 0.178. The van der Waals surface area contributed by atoms with E-state index in [1.54, 1.807) is 6.20 Å². The first kappa shape index (κ1) is 12.5. The van der Waals surface area contributed by atoms with Crippen LogP contribution in [0.3, 0.4) is 0 Å². The fourth-order valence-corrected chi connectivity index (χ4v) is 2.34. The van der Waals surface area contributed by atoms with E-state index in [1.807, 2.05) is 16.9 Å². The highest BCUT2D eigenvalue weighted by Crippen LogP contribution is 2.06. The van der Waals surface area contributed by atoms with Crippen molar-refractivity contribution in [3.05, 3.63) is 18.5 Å². The number of hydrogen-bond donors (Lipinski definition) is 2. The van der Waals surface area contributed by atoms with Crippen LogP contribution in [0.1, 0.15) is 12.8 Å². The van der Waals surface area contributed by atoms with Crippen molar-refractivity contribution in [2.45, 2.75) is 25.4 Å². The maximum Gasteiger partial charge on any atom is 0.0558 e. The van der Waals surface area contributed by atoms with Gasteiger partial charge in [0.1, 0.15) is 0 Å². The molecule has 2 rings (SSSR count). The molecule has 5 heteroatoms. The van der Waals surface area contributed by atoms with Gasteiger partial charge in [-0.25, -0.2) is 0 Å². The quantitative estimate of drug-likeness (QED) is 0.698. The zero-order chi connectivity index (χ0) is 11.9. The van der Waals surface area contributed by atoms with Gasteiger partial charge in [-0.15, -0.1) is 0 Å². The SMILES string of the molecule is OCCN(CCn1cccn1)CC1CCCN1. The summed E-state index contributed by atoms with van der Waals surface area (Å²) in [7, 11) is 0. The van der Waals surface area contributed by atoms with Gasteiger partial charge in [0.15, 0.2) is 0 Å². The highest BCUT2D eigenvalue weighted by molar-refractivity contribution is 4.80. The van der Waals surface area contributed by atoms with Crippen molar-refractivity contribution in [3.63, 3.8) is 0 Å². The van der Waals surface area contributed by atoms with Gasteiger partial charge >= 0.3 is 0 Å². The van der Waals surface area contributed by atoms with Crippen LogP contribution in [0.5, 0.6) is 0 Å². The Hall–Kier alpha value is -0.910. The van der Waals surface area contributed by atoms with Crippen LogP contribution in [-0.2, 0) is 6.54 Å². The molecule has 1 aromatic heterocycles. The van der Waals surface area contributed by atoms with Crippen LogP contribution in [0.25, 0.3) is 0 Å². The Morgan fingerprint density at radius 3 is 3.06 bits per heavy atom. The smallest absolute Gasteiger partial charge is 0.0558 e. The topological polar surface area (TPSA) is 53.3 Å². The van der Waals surface area contributed by atoms with Gasteiger partial charge in [0.25, 0.3) is 0 Å². The summed E-state index contributed by atoms with van der Waals surface area (Å²) < 4.78 is 1.94. The second-order valence-corrected chi connectivity index (χ2v) is 4.59. The molecule has 0 radical (unpaired) electrons. The molecule has 1 aromatic rings. The Morgan fingerprint density at radius 2 is 2.41 bits per heavy atom. The molecule has 96 valence electrons. The van der Waals surface area contributed by atoms with E-state index in [4.69, 9.17) is 5.11 Å². The van der Waals surface area contributed by atoms with Gasteiger partial charge in [-0.3, -0.25) is 9.58 Å². The van der Waals surface area contributed by atoms with Gasteiger partial charge in [-0.1, -0.05) is 0 Å². The van der Waals surface area contributed by atoms with E-state index in [0.29, 0.717) is 6.04 Å². The second-order valence-electron chi connectivity index (χ2n) is 4.59. The van der Waals surface area contributed by atoms with Crippen molar-refractivity contribution >= 4 is 0 Å². The summed E-state index contributed by atoms with van der Waals surface area (Å²) in [6.45, 7) is 4.98. The molecule has 1 saturated heterocycles. The maximum atomic E-state index is 9.08. The summed E-state index contributed by atoms with van der Waals surface area (Å²) in [6.07, 6.45) is 6.31. The average molecular weight is 238 g/mol. The Labute approximate surface area is 102 Å². The van der Waals surface area contributed by atoms with E-state index in [2.05, 4.69) is 15.3 Å². The fourth-order valence-electron chi connectivity index (χ4n) is 2.34. The first-order valence-electron chi connectivity index (χ1n) is 6.42. The molecule has 1 aliphatic heterocycles. The summed E-state index contributed by atoms with van der Waals surface area (Å²) >= 11 is 0. The Kier molecular flexibility index (Phi) is 4.97. The van der Waals surface area contributed by atoms with E-state index in [9.17, 15) is 0 Å². The van der Waals surface area contributed by atoms with Crippen LogP contribution < -0.4 is 5.32 Å². The van der Waals surface area contributed by atoms with Crippen LogP contribution in [-0.4, -0.2) is 58.6 Å². The van der Waals surface area contributed by atoms with Gasteiger partial charge in [0.05, 0.1) is 13.2 Å². The summed E-state index contributed by atoms with van der Waals surface area (Å²) in [5.74, 6) is 0. The van der Waals surface area contributed by atoms with Crippen molar-refractivity contribution < 1.29 is 5.11 Å². The predicted molar refractivity (Wildman–Crippen MR) is 66.8 cm³/mol. The standard InChI is InChI=1S/C12H22N4O/c17-10-9-15(11-12-3-1-4-13-12)7-8-16-6-2-5-14-16/h2,5-6,12-13,17H,1,3-4,7-11H2. The molecule has 2 N–H and O–H groups in total. The second kappa shape index (κ2) is 6.74. The van der Waals surface area contributed by atoms with E-state index < -0.39 is 0 Å². The number of nitrogens with one attached hydrogen (secondary N) is 1. The van der Waals surface area contributed by atoms with Crippen LogP contribution in [0.2, 0.25) is 0 Å². The van der Waals surface area contributed by atoms with Gasteiger partial charge in [-0.05, 0) is 25.5 Å². The number of aromatic nitrogens is 2. The third-order valence-corrected chi connectivity index (χ3v) is 3.26. The molecule has 0 saturated carbocycles. The number of aliphatic hydroxyl groups is 1. The van der Waals surface area contributed by atoms with E-state index in [-0.39, 0.29) is 6.61 Å². The maximum absolute atomic E-state index is 9.08. The fraction of sp³-hybridized carbons (Fsp3) is 0.750. The molecule has 17 heavy (non-hydrogen) atoms. The highest BCUT2D eigenvalue weighted by atomic mass is 16.3. The molecule has 0 spiro atoms. The molecular formula is C12H22N4O. The summed E-state index contributed by atoms with van der Waals surface area (Å²) in [4.78, 5) is 2.31. The van der Waals surface area contributed by atoms with Crippen LogP contribution in [0.4, 0.5) is 0 Å². The molecule has 1 aliphatic rings. The Balaban J connectivity index is 1.75. The zero-order valence-electron chi connectivity index (χ0n) is 10.3. The van der Waals surface area contributed by atoms with Crippen molar-refractivity contribution in [2.75, 3.05) is 32.8 Å². The number of rotatable bonds is 7. The van der Waals surface area contributed by atoms with E-state index in [1.165, 1.54) is 12.8 Å². The number of hydrogen-bond acceptors (Lipinski definition) is 4. The van der Waals surface area contributed by atoms with Gasteiger partial charge < -0.3 is 10.4 Å². The summed E-state index contributed by atoms with van der Waals surface area (Å²) in [5.41, 5.74) is 0. The minimum Gasteiger partial charge on any atom is -0.395 e. The molecule has 0 aliphatic carbocycles. The van der Waals surface area contributed by atoms with Gasteiger partial charge in [-0.2, -0.15) is 5.10 Å². The molecular weight excluding hydrogens is 216 g/mol. The van der Waals surface area contributed by atoms with Crippen molar-refractivity contribution in [3.8, 4) is 0 Å². The molecule has 1 fully saturated rings. The van der Waals surface area contributed by atoms with Gasteiger partial charge in [0, 0.05) is 38.1 Å². The molecule has 5 nitrogen and oxygen atoms in total. The lowest BCUT2D eigenvalue weighted by atomic mass is 10.2. The van der Waals surface area contributed by atoms with E-state index in [0.717, 1.165) is 32.7 Å². The van der Waals surface area contributed by atoms with Crippen LogP contribution in [0, 0.1) is 0 Å². The average Bonchev–Trinajstić information content (AvgIpc) is 2.99. The zero-order valence-corrected chi connectivity index (χ0v) is 10.3. The summed E-state index contributed by atoms with van der Waals surface area (Å²) in [5, 5.41) is 16.8. The molecule has 1 atom stereocenters.